The Bertz CT molecular complexity index is 1190. The molecule has 0 saturated carbocycles. The summed E-state index contributed by atoms with van der Waals surface area (Å²) >= 11 is 7.94. The first-order valence-electron chi connectivity index (χ1n) is 8.59. The largest absolute Gasteiger partial charge is 0.350 e. The monoisotopic (exact) mass is 422 g/mol. The van der Waals surface area contributed by atoms with Crippen molar-refractivity contribution in [1.82, 2.24) is 19.5 Å². The molecule has 0 N–H and O–H groups in total. The quantitative estimate of drug-likeness (QED) is 0.256. The van der Waals surface area contributed by atoms with Crippen molar-refractivity contribution in [2.75, 3.05) is 7.05 Å². The molecule has 4 heterocycles. The Kier molecular flexibility index (Phi) is 6.31. The van der Waals surface area contributed by atoms with Crippen LogP contribution in [0.2, 0.25) is 5.15 Å². The molecule has 0 aliphatic heterocycles. The smallest absolute Gasteiger partial charge is 0.173 e. The average molecular weight is 423 g/mol. The number of hydrogen-bond donors (Lipinski definition) is 0. The van der Waals surface area contributed by atoms with Crippen molar-refractivity contribution in [2.24, 2.45) is 17.0 Å². The molecule has 0 radical (unpaired) electrons. The van der Waals surface area contributed by atoms with E-state index in [2.05, 4.69) is 39.8 Å². The van der Waals surface area contributed by atoms with Crippen LogP contribution >= 0.6 is 22.9 Å². The third kappa shape index (κ3) is 3.87. The zero-order valence-electron chi connectivity index (χ0n) is 16.1. The molecule has 4 aromatic heterocycles. The summed E-state index contributed by atoms with van der Waals surface area (Å²) < 4.78 is 2.03. The van der Waals surface area contributed by atoms with E-state index in [0.717, 1.165) is 32.0 Å². The Morgan fingerprint density at radius 2 is 2.03 bits per heavy atom. The molecule has 8 heteroatoms. The molecular weight excluding hydrogens is 404 g/mol. The van der Waals surface area contributed by atoms with Crippen LogP contribution in [0.15, 0.2) is 66.0 Å². The number of pyridine rings is 2. The van der Waals surface area contributed by atoms with E-state index in [4.69, 9.17) is 16.6 Å². The fourth-order valence-corrected chi connectivity index (χ4v) is 4.13. The summed E-state index contributed by atoms with van der Waals surface area (Å²) in [4.78, 5) is 22.4. The molecule has 4 aromatic rings. The number of amidine groups is 1. The van der Waals surface area contributed by atoms with Gasteiger partial charge in [-0.1, -0.05) is 11.6 Å². The number of aromatic nitrogens is 4. The van der Waals surface area contributed by atoms with Crippen LogP contribution in [0.5, 0.6) is 0 Å². The summed E-state index contributed by atoms with van der Waals surface area (Å²) in [5, 5.41) is 2.17. The molecule has 0 atom stereocenters. The normalized spacial score (nSPS) is 11.2. The van der Waals surface area contributed by atoms with Gasteiger partial charge in [0.15, 0.2) is 5.84 Å². The van der Waals surface area contributed by atoms with Gasteiger partial charge >= 0.3 is 0 Å². The van der Waals surface area contributed by atoms with Crippen molar-refractivity contribution in [3.63, 3.8) is 0 Å². The number of fused-ring (bicyclic) bond motifs is 1. The zero-order chi connectivity index (χ0) is 21.0. The Morgan fingerprint density at radius 3 is 2.69 bits per heavy atom. The third-order valence-electron chi connectivity index (χ3n) is 4.18. The van der Waals surface area contributed by atoms with E-state index < -0.39 is 0 Å². The van der Waals surface area contributed by atoms with E-state index in [1.807, 2.05) is 42.1 Å². The van der Waals surface area contributed by atoms with Crippen molar-refractivity contribution >= 4 is 46.4 Å². The van der Waals surface area contributed by atoms with Gasteiger partial charge in [0.1, 0.15) is 15.9 Å². The SMILES string of the molecule is C=C.C=NC(=NC)c1nc(-c2sc(-c3cccnc3)nc2Cl)cc2c1ccn2C. The Morgan fingerprint density at radius 1 is 1.24 bits per heavy atom. The highest BCUT2D eigenvalue weighted by atomic mass is 35.5. The van der Waals surface area contributed by atoms with E-state index in [9.17, 15) is 0 Å². The molecule has 0 spiro atoms. The van der Waals surface area contributed by atoms with Gasteiger partial charge in [-0.15, -0.1) is 24.5 Å². The maximum atomic E-state index is 6.46. The predicted octanol–water partition coefficient (Wildman–Crippen LogP) is 5.29. The molecule has 0 unspecified atom stereocenters. The Hall–Kier alpha value is -3.16. The molecule has 4 rings (SSSR count). The van der Waals surface area contributed by atoms with Crippen molar-refractivity contribution in [3.05, 3.63) is 66.9 Å². The number of nitrogens with zero attached hydrogens (tertiary/aromatic N) is 6. The summed E-state index contributed by atoms with van der Waals surface area (Å²) in [6.45, 7) is 9.62. The first-order valence-corrected chi connectivity index (χ1v) is 9.79. The molecule has 6 nitrogen and oxygen atoms in total. The summed E-state index contributed by atoms with van der Waals surface area (Å²) in [5.41, 5.74) is 3.32. The molecule has 0 fully saturated rings. The first kappa shape index (κ1) is 20.6. The molecule has 0 aliphatic rings. The van der Waals surface area contributed by atoms with E-state index in [-0.39, 0.29) is 0 Å². The van der Waals surface area contributed by atoms with Crippen molar-refractivity contribution < 1.29 is 0 Å². The fraction of sp³-hybridized carbons (Fsp3) is 0.0952. The molecule has 0 amide bonds. The molecule has 29 heavy (non-hydrogen) atoms. The lowest BCUT2D eigenvalue weighted by Gasteiger charge is -2.07. The Balaban J connectivity index is 0.00000117. The molecule has 146 valence electrons. The second-order valence-corrected chi connectivity index (χ2v) is 7.16. The van der Waals surface area contributed by atoms with E-state index in [0.29, 0.717) is 16.7 Å². The summed E-state index contributed by atoms with van der Waals surface area (Å²) in [6, 6.07) is 7.82. The number of halogens is 1. The zero-order valence-corrected chi connectivity index (χ0v) is 17.7. The number of rotatable bonds is 3. The van der Waals surface area contributed by atoms with E-state index in [1.165, 1.54) is 11.3 Å². The lowest BCUT2D eigenvalue weighted by molar-refractivity contribution is 0.968. The maximum absolute atomic E-state index is 6.46. The van der Waals surface area contributed by atoms with E-state index >= 15 is 0 Å². The van der Waals surface area contributed by atoms with Crippen LogP contribution < -0.4 is 0 Å². The fourth-order valence-electron chi connectivity index (χ4n) is 2.87. The van der Waals surface area contributed by atoms with Crippen LogP contribution in [0.1, 0.15) is 5.69 Å². The highest BCUT2D eigenvalue weighted by Crippen LogP contribution is 2.38. The van der Waals surface area contributed by atoms with Gasteiger partial charge in [-0.2, -0.15) is 0 Å². The molecule has 0 saturated heterocycles. The van der Waals surface area contributed by atoms with Crippen LogP contribution in [0.3, 0.4) is 0 Å². The van der Waals surface area contributed by atoms with E-state index in [1.54, 1.807) is 19.4 Å². The van der Waals surface area contributed by atoms with Crippen LogP contribution in [-0.2, 0) is 7.05 Å². The Labute approximate surface area is 178 Å². The average Bonchev–Trinajstić information content (AvgIpc) is 3.34. The molecule has 0 aliphatic carbocycles. The molecular formula is C21H19ClN6S. The number of thiazole rings is 1. The lowest BCUT2D eigenvalue weighted by Crippen LogP contribution is -2.03. The van der Waals surface area contributed by atoms with Crippen molar-refractivity contribution in [3.8, 4) is 21.1 Å². The van der Waals surface area contributed by atoms with Crippen LogP contribution in [0.4, 0.5) is 0 Å². The van der Waals surface area contributed by atoms with Gasteiger partial charge in [0.05, 0.1) is 16.1 Å². The van der Waals surface area contributed by atoms with Gasteiger partial charge < -0.3 is 4.57 Å². The van der Waals surface area contributed by atoms with Crippen molar-refractivity contribution in [1.29, 1.82) is 0 Å². The van der Waals surface area contributed by atoms with Crippen LogP contribution in [0.25, 0.3) is 32.0 Å². The minimum atomic E-state index is 0.410. The topological polar surface area (TPSA) is 68.3 Å². The first-order chi connectivity index (χ1) is 14.1. The summed E-state index contributed by atoms with van der Waals surface area (Å²) in [5.74, 6) is 0.487. The highest BCUT2D eigenvalue weighted by molar-refractivity contribution is 7.19. The lowest BCUT2D eigenvalue weighted by atomic mass is 10.2. The van der Waals surface area contributed by atoms with Crippen molar-refractivity contribution in [2.45, 2.75) is 0 Å². The second kappa shape index (κ2) is 8.89. The minimum absolute atomic E-state index is 0.410. The van der Waals surface area contributed by atoms with Crippen LogP contribution in [-0.4, -0.2) is 39.1 Å². The molecule has 0 aromatic carbocycles. The maximum Gasteiger partial charge on any atom is 0.173 e. The highest BCUT2D eigenvalue weighted by Gasteiger charge is 2.19. The van der Waals surface area contributed by atoms with Gasteiger partial charge in [0.2, 0.25) is 0 Å². The predicted molar refractivity (Wildman–Crippen MR) is 123 cm³/mol. The number of aryl methyl sites for hydroxylation is 1. The van der Waals surface area contributed by atoms with Gasteiger partial charge in [0.25, 0.3) is 0 Å². The van der Waals surface area contributed by atoms with Gasteiger partial charge in [-0.3, -0.25) is 9.98 Å². The number of aliphatic imine (C=N–C) groups is 2. The summed E-state index contributed by atoms with van der Waals surface area (Å²) in [6.07, 6.45) is 5.47. The van der Waals surface area contributed by atoms with Gasteiger partial charge in [-0.05, 0) is 31.0 Å². The second-order valence-electron chi connectivity index (χ2n) is 5.80. The van der Waals surface area contributed by atoms with Gasteiger partial charge in [0, 0.05) is 43.6 Å². The van der Waals surface area contributed by atoms with Crippen LogP contribution in [0, 0.1) is 0 Å². The number of hydrogen-bond acceptors (Lipinski definition) is 5. The van der Waals surface area contributed by atoms with Gasteiger partial charge in [-0.25, -0.2) is 15.0 Å². The standard InChI is InChI=1S/C19H15ClN6S.C2H4/c1-21-18(22-2)15-12-6-8-26(3)14(12)9-13(24-15)16-17(20)25-19(27-16)11-5-4-7-23-10-11;1-2/h4-10H,1H2,2-3H3;1-2H2. The minimum Gasteiger partial charge on any atom is -0.350 e. The molecule has 0 bridgehead atoms. The summed E-state index contributed by atoms with van der Waals surface area (Å²) in [7, 11) is 3.66. The third-order valence-corrected chi connectivity index (χ3v) is 5.69.